The van der Waals surface area contributed by atoms with E-state index in [9.17, 15) is 9.18 Å². The first-order chi connectivity index (χ1) is 8.42. The van der Waals surface area contributed by atoms with Crippen molar-refractivity contribution in [3.8, 4) is 0 Å². The predicted molar refractivity (Wildman–Crippen MR) is 71.2 cm³/mol. The number of halogens is 1. The molecule has 1 aromatic carbocycles. The molecule has 0 aliphatic heterocycles. The minimum absolute atomic E-state index is 0.00841. The number of Topliss-reactive ketones (excluding diaryl/α,β-unsaturated/α-hetero) is 1. The van der Waals surface area contributed by atoms with Crippen molar-refractivity contribution in [2.24, 2.45) is 11.3 Å². The van der Waals surface area contributed by atoms with Gasteiger partial charge in [-0.2, -0.15) is 0 Å². The van der Waals surface area contributed by atoms with Crippen molar-refractivity contribution >= 4 is 5.78 Å². The Morgan fingerprint density at radius 2 is 2.06 bits per heavy atom. The monoisotopic (exact) mass is 248 g/mol. The summed E-state index contributed by atoms with van der Waals surface area (Å²) in [5.41, 5.74) is 1.20. The lowest BCUT2D eigenvalue weighted by atomic mass is 9.66. The molecular formula is C16H21FO. The molecule has 0 saturated heterocycles. The highest BCUT2D eigenvalue weighted by atomic mass is 19.1. The quantitative estimate of drug-likeness (QED) is 0.702. The third-order valence-electron chi connectivity index (χ3n) is 4.21. The SMILES string of the molecule is Cc1ccc(F)c(C(=O)C2CCCCC2(C)C)c1. The maximum Gasteiger partial charge on any atom is 0.169 e. The van der Waals surface area contributed by atoms with Crippen LogP contribution in [0.2, 0.25) is 0 Å². The summed E-state index contributed by atoms with van der Waals surface area (Å²) >= 11 is 0. The van der Waals surface area contributed by atoms with Crippen LogP contribution in [0.25, 0.3) is 0 Å². The van der Waals surface area contributed by atoms with Gasteiger partial charge in [0.25, 0.3) is 0 Å². The van der Waals surface area contributed by atoms with E-state index >= 15 is 0 Å². The van der Waals surface area contributed by atoms with Crippen LogP contribution in [-0.4, -0.2) is 5.78 Å². The highest BCUT2D eigenvalue weighted by Crippen LogP contribution is 2.42. The summed E-state index contributed by atoms with van der Waals surface area (Å²) < 4.78 is 13.8. The fourth-order valence-corrected chi connectivity index (χ4v) is 3.00. The van der Waals surface area contributed by atoms with E-state index in [0.29, 0.717) is 0 Å². The zero-order chi connectivity index (χ0) is 13.3. The number of hydrogen-bond donors (Lipinski definition) is 0. The Morgan fingerprint density at radius 3 is 2.72 bits per heavy atom. The molecule has 2 rings (SSSR count). The van der Waals surface area contributed by atoms with E-state index in [1.807, 2.05) is 6.92 Å². The van der Waals surface area contributed by atoms with Gasteiger partial charge >= 0.3 is 0 Å². The molecule has 0 spiro atoms. The number of rotatable bonds is 2. The summed E-state index contributed by atoms with van der Waals surface area (Å²) in [6, 6.07) is 4.79. The van der Waals surface area contributed by atoms with Crippen LogP contribution in [0.3, 0.4) is 0 Å². The number of hydrogen-bond acceptors (Lipinski definition) is 1. The van der Waals surface area contributed by atoms with E-state index in [1.165, 1.54) is 12.5 Å². The van der Waals surface area contributed by atoms with E-state index in [4.69, 9.17) is 0 Å². The van der Waals surface area contributed by atoms with E-state index in [1.54, 1.807) is 12.1 Å². The Labute approximate surface area is 108 Å². The Balaban J connectivity index is 2.33. The fraction of sp³-hybridized carbons (Fsp3) is 0.562. The van der Waals surface area contributed by atoms with Gasteiger partial charge in [-0.15, -0.1) is 0 Å². The Kier molecular flexibility index (Phi) is 3.56. The minimum Gasteiger partial charge on any atom is -0.294 e. The molecule has 1 aliphatic rings. The van der Waals surface area contributed by atoms with Gasteiger partial charge in [0.1, 0.15) is 5.82 Å². The summed E-state index contributed by atoms with van der Waals surface area (Å²) in [5, 5.41) is 0. The van der Waals surface area contributed by atoms with Gasteiger partial charge in [0, 0.05) is 5.92 Å². The Bertz CT molecular complexity index is 462. The van der Waals surface area contributed by atoms with Crippen LogP contribution < -0.4 is 0 Å². The van der Waals surface area contributed by atoms with Crippen molar-refractivity contribution in [1.82, 2.24) is 0 Å². The van der Waals surface area contributed by atoms with Crippen molar-refractivity contribution < 1.29 is 9.18 Å². The molecule has 1 fully saturated rings. The second-order valence-corrected chi connectivity index (χ2v) is 6.13. The normalized spacial score (nSPS) is 22.8. The van der Waals surface area contributed by atoms with Gasteiger partial charge in [-0.05, 0) is 37.3 Å². The van der Waals surface area contributed by atoms with Gasteiger partial charge in [-0.25, -0.2) is 4.39 Å². The molecule has 1 atom stereocenters. The van der Waals surface area contributed by atoms with Crippen LogP contribution in [0.4, 0.5) is 4.39 Å². The van der Waals surface area contributed by atoms with Crippen LogP contribution in [-0.2, 0) is 0 Å². The fourth-order valence-electron chi connectivity index (χ4n) is 3.00. The molecule has 0 aromatic heterocycles. The molecule has 0 N–H and O–H groups in total. The average molecular weight is 248 g/mol. The number of carbonyl (C=O) groups excluding carboxylic acids is 1. The lowest BCUT2D eigenvalue weighted by Crippen LogP contribution is -2.34. The van der Waals surface area contributed by atoms with Gasteiger partial charge in [-0.1, -0.05) is 38.3 Å². The molecule has 1 aromatic rings. The smallest absolute Gasteiger partial charge is 0.169 e. The van der Waals surface area contributed by atoms with Gasteiger partial charge in [0.15, 0.2) is 5.78 Å². The topological polar surface area (TPSA) is 17.1 Å². The molecule has 98 valence electrons. The number of aryl methyl sites for hydroxylation is 1. The zero-order valence-electron chi connectivity index (χ0n) is 11.4. The maximum absolute atomic E-state index is 13.8. The Morgan fingerprint density at radius 1 is 1.33 bits per heavy atom. The average Bonchev–Trinajstić information content (AvgIpc) is 2.31. The Hall–Kier alpha value is -1.18. The molecule has 0 amide bonds. The van der Waals surface area contributed by atoms with E-state index in [0.717, 1.165) is 24.8 Å². The molecule has 0 heterocycles. The van der Waals surface area contributed by atoms with Gasteiger partial charge in [0.2, 0.25) is 0 Å². The molecule has 0 radical (unpaired) electrons. The first-order valence-corrected chi connectivity index (χ1v) is 6.72. The summed E-state index contributed by atoms with van der Waals surface area (Å²) in [5.74, 6) is -0.435. The van der Waals surface area contributed by atoms with Gasteiger partial charge in [-0.3, -0.25) is 4.79 Å². The lowest BCUT2D eigenvalue weighted by Gasteiger charge is -2.37. The van der Waals surface area contributed by atoms with Crippen molar-refractivity contribution in [3.05, 3.63) is 35.1 Å². The number of carbonyl (C=O) groups is 1. The largest absolute Gasteiger partial charge is 0.294 e. The van der Waals surface area contributed by atoms with Crippen molar-refractivity contribution in [3.63, 3.8) is 0 Å². The van der Waals surface area contributed by atoms with Crippen LogP contribution in [0.5, 0.6) is 0 Å². The molecule has 1 unspecified atom stereocenters. The minimum atomic E-state index is -0.382. The zero-order valence-corrected chi connectivity index (χ0v) is 11.4. The summed E-state index contributed by atoms with van der Waals surface area (Å²) in [6.07, 6.45) is 4.19. The van der Waals surface area contributed by atoms with Gasteiger partial charge in [0.05, 0.1) is 5.56 Å². The highest BCUT2D eigenvalue weighted by molar-refractivity contribution is 5.98. The van der Waals surface area contributed by atoms with E-state index < -0.39 is 0 Å². The standard InChI is InChI=1S/C16H21FO/c1-11-7-8-14(17)12(10-11)15(18)13-6-4-5-9-16(13,2)3/h7-8,10,13H,4-6,9H2,1-3H3. The van der Waals surface area contributed by atoms with Crippen molar-refractivity contribution in [2.75, 3.05) is 0 Å². The lowest BCUT2D eigenvalue weighted by molar-refractivity contribution is 0.0693. The number of benzene rings is 1. The van der Waals surface area contributed by atoms with Gasteiger partial charge < -0.3 is 0 Å². The van der Waals surface area contributed by atoms with Crippen LogP contribution in [0.15, 0.2) is 18.2 Å². The first kappa shape index (κ1) is 13.3. The summed E-state index contributed by atoms with van der Waals surface area (Å²) in [7, 11) is 0. The second kappa shape index (κ2) is 4.83. The van der Waals surface area contributed by atoms with Crippen LogP contribution in [0, 0.1) is 24.1 Å². The van der Waals surface area contributed by atoms with Crippen LogP contribution >= 0.6 is 0 Å². The van der Waals surface area contributed by atoms with E-state index in [2.05, 4.69) is 13.8 Å². The summed E-state index contributed by atoms with van der Waals surface area (Å²) in [4.78, 5) is 12.5. The second-order valence-electron chi connectivity index (χ2n) is 6.13. The van der Waals surface area contributed by atoms with Crippen LogP contribution in [0.1, 0.15) is 55.5 Å². The first-order valence-electron chi connectivity index (χ1n) is 6.72. The van der Waals surface area contributed by atoms with Crippen molar-refractivity contribution in [1.29, 1.82) is 0 Å². The molecule has 1 saturated carbocycles. The number of ketones is 1. The third-order valence-corrected chi connectivity index (χ3v) is 4.21. The molecule has 2 heteroatoms. The molecule has 1 aliphatic carbocycles. The molecule has 1 nitrogen and oxygen atoms in total. The van der Waals surface area contributed by atoms with E-state index in [-0.39, 0.29) is 28.5 Å². The predicted octanol–water partition coefficient (Wildman–Crippen LogP) is 4.53. The third kappa shape index (κ3) is 2.47. The van der Waals surface area contributed by atoms with Crippen molar-refractivity contribution in [2.45, 2.75) is 46.5 Å². The maximum atomic E-state index is 13.8. The highest BCUT2D eigenvalue weighted by Gasteiger charge is 2.38. The molecule has 0 bridgehead atoms. The molecule has 18 heavy (non-hydrogen) atoms. The summed E-state index contributed by atoms with van der Waals surface area (Å²) in [6.45, 7) is 6.15. The molecular weight excluding hydrogens is 227 g/mol.